The van der Waals surface area contributed by atoms with Crippen LogP contribution in [0.1, 0.15) is 117 Å². The molecule has 6 rings (SSSR count). The van der Waals surface area contributed by atoms with Crippen molar-refractivity contribution < 1.29 is 4.79 Å². The van der Waals surface area contributed by atoms with Gasteiger partial charge in [0.25, 0.3) is 0 Å². The molecule has 3 heteroatoms. The van der Waals surface area contributed by atoms with Gasteiger partial charge in [-0.25, -0.2) is 0 Å². The highest BCUT2D eigenvalue weighted by molar-refractivity contribution is 5.83. The topological polar surface area (TPSA) is 32.3 Å². The Morgan fingerprint density at radius 2 is 1.60 bits per heavy atom. The first kappa shape index (κ1) is 30.4. The van der Waals surface area contributed by atoms with E-state index in [9.17, 15) is 4.79 Å². The lowest BCUT2D eigenvalue weighted by Crippen LogP contribution is -2.62. The number of hydrogen-bond donors (Lipinski definition) is 1. The fourth-order valence-electron chi connectivity index (χ4n) is 12.5. The summed E-state index contributed by atoms with van der Waals surface area (Å²) in [5.74, 6) is 4.06. The van der Waals surface area contributed by atoms with Gasteiger partial charge >= 0.3 is 0 Å². The highest BCUT2D eigenvalue weighted by atomic mass is 16.2. The van der Waals surface area contributed by atoms with Gasteiger partial charge in [-0.05, 0) is 135 Å². The summed E-state index contributed by atoms with van der Waals surface area (Å²) >= 11 is 0. The van der Waals surface area contributed by atoms with Crippen LogP contribution in [0.5, 0.6) is 0 Å². The van der Waals surface area contributed by atoms with Crippen LogP contribution in [0.3, 0.4) is 0 Å². The van der Waals surface area contributed by atoms with Gasteiger partial charge in [0.1, 0.15) is 0 Å². The Bertz CT molecular complexity index is 1180. The number of nitrogens with zero attached hydrogens (tertiary/aromatic N) is 1. The lowest BCUT2D eigenvalue weighted by atomic mass is 9.36. The van der Waals surface area contributed by atoms with Crippen LogP contribution in [-0.4, -0.2) is 37.0 Å². The number of hydrogen-bond acceptors (Lipinski definition) is 2. The van der Waals surface area contributed by atoms with Crippen LogP contribution in [0, 0.1) is 58.2 Å². The first-order valence-electron chi connectivity index (χ1n) is 17.8. The normalized spacial score (nSPS) is 40.4. The van der Waals surface area contributed by atoms with E-state index in [0.29, 0.717) is 22.7 Å². The second-order valence-electron chi connectivity index (χ2n) is 16.4. The first-order chi connectivity index (χ1) is 20.0. The lowest BCUT2D eigenvalue weighted by molar-refractivity contribution is -0.181. The molecule has 1 N–H and O–H groups in total. The van der Waals surface area contributed by atoms with Gasteiger partial charge < -0.3 is 10.2 Å². The molecular formula is C39H60N2O. The largest absolute Gasteiger partial charge is 0.354 e. The van der Waals surface area contributed by atoms with Crippen molar-refractivity contribution in [1.29, 1.82) is 0 Å². The van der Waals surface area contributed by atoms with E-state index < -0.39 is 0 Å². The summed E-state index contributed by atoms with van der Waals surface area (Å²) in [5.41, 5.74) is 5.24. The van der Waals surface area contributed by atoms with Crippen molar-refractivity contribution in [2.45, 2.75) is 113 Å². The molecule has 7 unspecified atom stereocenters. The number of nitrogens with one attached hydrogen (secondary N) is 1. The summed E-state index contributed by atoms with van der Waals surface area (Å²) in [4.78, 5) is 16.4. The van der Waals surface area contributed by atoms with Gasteiger partial charge in [0, 0.05) is 13.1 Å². The summed E-state index contributed by atoms with van der Waals surface area (Å²) in [7, 11) is 0. The molecule has 1 aromatic carbocycles. The molecule has 5 aliphatic rings. The molecule has 232 valence electrons. The van der Waals surface area contributed by atoms with Gasteiger partial charge in [-0.2, -0.15) is 0 Å². The SMILES string of the molecule is CCN(CC)CCNC(=O)[C@]12CCCC1C1CCC3C(C)(CCC4C(C)(C)C(c5ccc(C)cc5)=CCC43C)C1CC2. The quantitative estimate of drug-likeness (QED) is 0.354. The number of carbonyl (C=O) groups is 1. The van der Waals surface area contributed by atoms with Crippen molar-refractivity contribution in [2.75, 3.05) is 26.2 Å². The van der Waals surface area contributed by atoms with E-state index in [0.717, 1.165) is 62.7 Å². The van der Waals surface area contributed by atoms with Gasteiger partial charge in [-0.3, -0.25) is 4.79 Å². The lowest BCUT2D eigenvalue weighted by Gasteiger charge is -2.68. The number of fused-ring (bicyclic) bond motifs is 7. The van der Waals surface area contributed by atoms with Crippen molar-refractivity contribution in [3.8, 4) is 0 Å². The molecule has 0 aliphatic heterocycles. The van der Waals surface area contributed by atoms with E-state index in [-0.39, 0.29) is 10.8 Å². The summed E-state index contributed by atoms with van der Waals surface area (Å²) in [5, 5.41) is 3.46. The number of benzene rings is 1. The molecule has 0 radical (unpaired) electrons. The monoisotopic (exact) mass is 572 g/mol. The molecule has 0 heterocycles. The van der Waals surface area contributed by atoms with E-state index in [1.165, 1.54) is 62.5 Å². The number of allylic oxidation sites excluding steroid dienone is 2. The molecule has 1 amide bonds. The standard InChI is InChI=1S/C39H60N2O/c1-8-41(9-2)26-25-40-35(42)39-21-10-11-32(39)29-16-17-34-37(6,31(29)19-24-39)23-20-33-36(4,5)30(18-22-38(33,34)7)28-14-12-27(3)13-15-28/h12-15,18,29,31-34H,8-11,16-17,19-26H2,1-7H3,(H,40,42)/t29?,31?,32?,33?,34?,37?,38?,39-/m0/s1. The van der Waals surface area contributed by atoms with Crippen LogP contribution in [0.15, 0.2) is 30.3 Å². The molecule has 0 aromatic heterocycles. The summed E-state index contributed by atoms with van der Waals surface area (Å²) in [6, 6.07) is 9.30. The van der Waals surface area contributed by atoms with Crippen LogP contribution in [-0.2, 0) is 4.79 Å². The maximum atomic E-state index is 13.9. The van der Waals surface area contributed by atoms with Gasteiger partial charge in [-0.15, -0.1) is 0 Å². The van der Waals surface area contributed by atoms with Gasteiger partial charge in [0.05, 0.1) is 5.41 Å². The summed E-state index contributed by atoms with van der Waals surface area (Å²) < 4.78 is 0. The molecule has 0 spiro atoms. The third kappa shape index (κ3) is 4.57. The molecular weight excluding hydrogens is 512 g/mol. The van der Waals surface area contributed by atoms with Crippen LogP contribution < -0.4 is 5.32 Å². The Kier molecular flexibility index (Phi) is 8.02. The van der Waals surface area contributed by atoms with Crippen LogP contribution in [0.25, 0.3) is 5.57 Å². The third-order valence-electron chi connectivity index (χ3n) is 14.5. The number of carbonyl (C=O) groups excluding carboxylic acids is 1. The van der Waals surface area contributed by atoms with Crippen LogP contribution >= 0.6 is 0 Å². The Hall–Kier alpha value is -1.61. The zero-order valence-corrected chi connectivity index (χ0v) is 28.0. The fourth-order valence-corrected chi connectivity index (χ4v) is 12.5. The molecule has 5 aliphatic carbocycles. The van der Waals surface area contributed by atoms with Gasteiger partial charge in [0.15, 0.2) is 0 Å². The molecule has 3 nitrogen and oxygen atoms in total. The van der Waals surface area contributed by atoms with E-state index >= 15 is 0 Å². The number of aryl methyl sites for hydroxylation is 1. The molecule has 4 saturated carbocycles. The highest BCUT2D eigenvalue weighted by Gasteiger charge is 2.66. The minimum absolute atomic E-state index is 0.0900. The van der Waals surface area contributed by atoms with E-state index in [2.05, 4.69) is 89.0 Å². The molecule has 1 aromatic rings. The summed E-state index contributed by atoms with van der Waals surface area (Å²) in [6.07, 6.45) is 15.4. The first-order valence-corrected chi connectivity index (χ1v) is 17.8. The molecule has 42 heavy (non-hydrogen) atoms. The van der Waals surface area contributed by atoms with Crippen molar-refractivity contribution in [1.82, 2.24) is 10.2 Å². The third-order valence-corrected chi connectivity index (χ3v) is 14.5. The maximum absolute atomic E-state index is 13.9. The fraction of sp³-hybridized carbons (Fsp3) is 0.769. The number of likely N-dealkylation sites (N-methyl/N-ethyl adjacent to an activating group) is 1. The number of amides is 1. The zero-order chi connectivity index (χ0) is 29.9. The smallest absolute Gasteiger partial charge is 0.226 e. The summed E-state index contributed by atoms with van der Waals surface area (Å²) in [6.45, 7) is 21.0. The van der Waals surface area contributed by atoms with Crippen molar-refractivity contribution in [3.05, 3.63) is 41.5 Å². The van der Waals surface area contributed by atoms with E-state index in [4.69, 9.17) is 0 Å². The average molecular weight is 573 g/mol. The van der Waals surface area contributed by atoms with Crippen molar-refractivity contribution >= 4 is 11.5 Å². The molecule has 8 atom stereocenters. The second kappa shape index (κ2) is 11.1. The predicted octanol–water partition coefficient (Wildman–Crippen LogP) is 8.91. The van der Waals surface area contributed by atoms with Crippen LogP contribution in [0.4, 0.5) is 0 Å². The predicted molar refractivity (Wildman–Crippen MR) is 176 cm³/mol. The Morgan fingerprint density at radius 1 is 0.857 bits per heavy atom. The Morgan fingerprint density at radius 3 is 2.31 bits per heavy atom. The zero-order valence-electron chi connectivity index (χ0n) is 28.0. The van der Waals surface area contributed by atoms with E-state index in [1.807, 2.05) is 0 Å². The van der Waals surface area contributed by atoms with Crippen molar-refractivity contribution in [2.24, 2.45) is 51.2 Å². The minimum Gasteiger partial charge on any atom is -0.354 e. The highest BCUT2D eigenvalue weighted by Crippen LogP contribution is 2.73. The maximum Gasteiger partial charge on any atom is 0.226 e. The average Bonchev–Trinajstić information content (AvgIpc) is 3.42. The Labute approximate surface area is 257 Å². The molecule has 4 fully saturated rings. The minimum atomic E-state index is -0.0900. The molecule has 0 bridgehead atoms. The second-order valence-corrected chi connectivity index (χ2v) is 16.4. The number of rotatable bonds is 7. The van der Waals surface area contributed by atoms with Gasteiger partial charge in [-0.1, -0.05) is 83.9 Å². The van der Waals surface area contributed by atoms with E-state index in [1.54, 1.807) is 5.57 Å². The Balaban J connectivity index is 1.22. The molecule has 0 saturated heterocycles. The van der Waals surface area contributed by atoms with Crippen molar-refractivity contribution in [3.63, 3.8) is 0 Å². The van der Waals surface area contributed by atoms with Gasteiger partial charge in [0.2, 0.25) is 5.91 Å². The van der Waals surface area contributed by atoms with Crippen LogP contribution in [0.2, 0.25) is 0 Å².